The lowest BCUT2D eigenvalue weighted by Gasteiger charge is -2.11. The van der Waals surface area contributed by atoms with E-state index in [-0.39, 0.29) is 18.4 Å². The van der Waals surface area contributed by atoms with E-state index in [0.29, 0.717) is 13.0 Å². The standard InChI is InChI=1S/C16H22N2O2/c1-13(12-19)6-5-9-18-16(20)15(11-17)10-14-7-3-2-4-8-14/h2-4,7-8,13,15,19H,5-6,9-10,12H2,1H3,(H,18,20). The number of amides is 1. The molecule has 0 aliphatic carbocycles. The molecule has 2 atom stereocenters. The predicted molar refractivity (Wildman–Crippen MR) is 77.7 cm³/mol. The van der Waals surface area contributed by atoms with Gasteiger partial charge in [0, 0.05) is 13.2 Å². The van der Waals surface area contributed by atoms with Crippen LogP contribution in [0.1, 0.15) is 25.3 Å². The molecule has 0 aliphatic heterocycles. The highest BCUT2D eigenvalue weighted by Gasteiger charge is 2.17. The van der Waals surface area contributed by atoms with Crippen LogP contribution in [0.25, 0.3) is 0 Å². The Hall–Kier alpha value is -1.86. The minimum atomic E-state index is -0.646. The van der Waals surface area contributed by atoms with E-state index in [1.165, 1.54) is 0 Å². The number of aliphatic hydroxyl groups excluding tert-OH is 1. The third-order valence-corrected chi connectivity index (χ3v) is 3.24. The molecular weight excluding hydrogens is 252 g/mol. The second-order valence-electron chi connectivity index (χ2n) is 5.09. The van der Waals surface area contributed by atoms with E-state index >= 15 is 0 Å². The van der Waals surface area contributed by atoms with Gasteiger partial charge in [0.2, 0.25) is 5.91 Å². The highest BCUT2D eigenvalue weighted by Crippen LogP contribution is 2.08. The lowest BCUT2D eigenvalue weighted by Crippen LogP contribution is -2.32. The Bertz CT molecular complexity index is 440. The zero-order valence-electron chi connectivity index (χ0n) is 11.9. The normalized spacial score (nSPS) is 13.2. The Balaban J connectivity index is 2.35. The van der Waals surface area contributed by atoms with Gasteiger partial charge in [-0.05, 0) is 30.7 Å². The molecule has 0 aliphatic rings. The maximum Gasteiger partial charge on any atom is 0.237 e. The van der Waals surface area contributed by atoms with Gasteiger partial charge in [0.25, 0.3) is 0 Å². The molecule has 20 heavy (non-hydrogen) atoms. The smallest absolute Gasteiger partial charge is 0.237 e. The van der Waals surface area contributed by atoms with Gasteiger partial charge < -0.3 is 10.4 Å². The summed E-state index contributed by atoms with van der Waals surface area (Å²) in [5.74, 6) is -0.608. The minimum Gasteiger partial charge on any atom is -0.396 e. The van der Waals surface area contributed by atoms with Gasteiger partial charge in [-0.3, -0.25) is 4.79 Å². The number of carbonyl (C=O) groups is 1. The molecule has 0 saturated heterocycles. The van der Waals surface area contributed by atoms with Crippen LogP contribution in [0.2, 0.25) is 0 Å². The molecular formula is C16H22N2O2. The molecule has 2 unspecified atom stereocenters. The first-order valence-electron chi connectivity index (χ1n) is 6.99. The highest BCUT2D eigenvalue weighted by atomic mass is 16.3. The topological polar surface area (TPSA) is 73.1 Å². The number of hydrogen-bond acceptors (Lipinski definition) is 3. The second-order valence-corrected chi connectivity index (χ2v) is 5.09. The van der Waals surface area contributed by atoms with Crippen molar-refractivity contribution >= 4 is 5.91 Å². The van der Waals surface area contributed by atoms with E-state index in [1.54, 1.807) is 0 Å². The highest BCUT2D eigenvalue weighted by molar-refractivity contribution is 5.81. The molecule has 2 N–H and O–H groups in total. The van der Waals surface area contributed by atoms with Crippen LogP contribution in [0.5, 0.6) is 0 Å². The fraction of sp³-hybridized carbons (Fsp3) is 0.500. The van der Waals surface area contributed by atoms with Crippen LogP contribution in [-0.2, 0) is 11.2 Å². The average Bonchev–Trinajstić information content (AvgIpc) is 2.49. The van der Waals surface area contributed by atoms with Crippen LogP contribution in [-0.4, -0.2) is 24.2 Å². The van der Waals surface area contributed by atoms with E-state index in [1.807, 2.05) is 37.3 Å². The summed E-state index contributed by atoms with van der Waals surface area (Å²) in [6.07, 6.45) is 2.12. The molecule has 4 heteroatoms. The van der Waals surface area contributed by atoms with Crippen LogP contribution >= 0.6 is 0 Å². The minimum absolute atomic E-state index is 0.169. The SMILES string of the molecule is CC(CO)CCCNC(=O)C(C#N)Cc1ccccc1. The molecule has 108 valence electrons. The van der Waals surface area contributed by atoms with Crippen LogP contribution in [0.4, 0.5) is 0 Å². The summed E-state index contributed by atoms with van der Waals surface area (Å²) in [5.41, 5.74) is 0.989. The molecule has 0 radical (unpaired) electrons. The first-order valence-corrected chi connectivity index (χ1v) is 6.99. The lowest BCUT2D eigenvalue weighted by molar-refractivity contribution is -0.123. The molecule has 1 aromatic carbocycles. The van der Waals surface area contributed by atoms with E-state index in [4.69, 9.17) is 10.4 Å². The van der Waals surface area contributed by atoms with E-state index < -0.39 is 5.92 Å². The zero-order valence-corrected chi connectivity index (χ0v) is 11.9. The molecule has 0 fully saturated rings. The number of nitriles is 1. The molecule has 1 amide bonds. The largest absolute Gasteiger partial charge is 0.396 e. The van der Waals surface area contributed by atoms with Gasteiger partial charge in [-0.25, -0.2) is 0 Å². The summed E-state index contributed by atoms with van der Waals surface area (Å²) < 4.78 is 0. The first-order chi connectivity index (χ1) is 9.67. The van der Waals surface area contributed by atoms with Gasteiger partial charge in [-0.2, -0.15) is 5.26 Å². The number of hydrogen-bond donors (Lipinski definition) is 2. The lowest BCUT2D eigenvalue weighted by atomic mass is 10.00. The van der Waals surface area contributed by atoms with Crippen LogP contribution in [0.3, 0.4) is 0 Å². The van der Waals surface area contributed by atoms with Crippen molar-refractivity contribution in [2.75, 3.05) is 13.2 Å². The van der Waals surface area contributed by atoms with Gasteiger partial charge >= 0.3 is 0 Å². The van der Waals surface area contributed by atoms with Crippen molar-refractivity contribution in [2.45, 2.75) is 26.2 Å². The molecule has 0 spiro atoms. The quantitative estimate of drug-likeness (QED) is 0.711. The third kappa shape index (κ3) is 5.85. The zero-order chi connectivity index (χ0) is 14.8. The predicted octanol–water partition coefficient (Wildman–Crippen LogP) is 1.89. The number of rotatable bonds is 8. The van der Waals surface area contributed by atoms with Gasteiger partial charge in [0.05, 0.1) is 6.07 Å². The summed E-state index contributed by atoms with van der Waals surface area (Å²) in [6.45, 7) is 2.69. The number of nitrogens with one attached hydrogen (secondary N) is 1. The monoisotopic (exact) mass is 274 g/mol. The fourth-order valence-corrected chi connectivity index (χ4v) is 1.92. The first kappa shape index (κ1) is 16.2. The number of carbonyl (C=O) groups excluding carboxylic acids is 1. The van der Waals surface area contributed by atoms with E-state index in [2.05, 4.69) is 11.4 Å². The maximum absolute atomic E-state index is 11.9. The average molecular weight is 274 g/mol. The van der Waals surface area contributed by atoms with Crippen molar-refractivity contribution in [2.24, 2.45) is 11.8 Å². The van der Waals surface area contributed by atoms with Gasteiger partial charge in [-0.1, -0.05) is 37.3 Å². The maximum atomic E-state index is 11.9. The number of benzene rings is 1. The molecule has 1 aromatic rings. The molecule has 0 bridgehead atoms. The van der Waals surface area contributed by atoms with E-state index in [0.717, 1.165) is 18.4 Å². The Morgan fingerprint density at radius 2 is 2.10 bits per heavy atom. The number of nitrogens with zero attached hydrogens (tertiary/aromatic N) is 1. The Kier molecular flexibility index (Phi) is 7.38. The molecule has 1 rings (SSSR count). The van der Waals surface area contributed by atoms with Gasteiger partial charge in [0.15, 0.2) is 0 Å². The van der Waals surface area contributed by atoms with Crippen molar-refractivity contribution in [1.82, 2.24) is 5.32 Å². The van der Waals surface area contributed by atoms with Crippen LogP contribution in [0, 0.1) is 23.2 Å². The molecule has 0 heterocycles. The van der Waals surface area contributed by atoms with Crippen LogP contribution < -0.4 is 5.32 Å². The summed E-state index contributed by atoms with van der Waals surface area (Å²) in [5, 5.41) is 20.8. The van der Waals surface area contributed by atoms with Gasteiger partial charge in [-0.15, -0.1) is 0 Å². The summed E-state index contributed by atoms with van der Waals surface area (Å²) in [7, 11) is 0. The molecule has 0 saturated carbocycles. The van der Waals surface area contributed by atoms with E-state index in [9.17, 15) is 4.79 Å². The third-order valence-electron chi connectivity index (χ3n) is 3.24. The Morgan fingerprint density at radius 1 is 1.40 bits per heavy atom. The summed E-state index contributed by atoms with van der Waals surface area (Å²) >= 11 is 0. The van der Waals surface area contributed by atoms with Crippen molar-refractivity contribution in [1.29, 1.82) is 5.26 Å². The van der Waals surface area contributed by atoms with Crippen LogP contribution in [0.15, 0.2) is 30.3 Å². The van der Waals surface area contributed by atoms with Crippen molar-refractivity contribution in [3.63, 3.8) is 0 Å². The Labute approximate surface area is 120 Å². The van der Waals surface area contributed by atoms with Gasteiger partial charge in [0.1, 0.15) is 5.92 Å². The summed E-state index contributed by atoms with van der Waals surface area (Å²) in [4.78, 5) is 11.9. The second kappa shape index (κ2) is 9.11. The van der Waals surface area contributed by atoms with Crippen molar-refractivity contribution in [3.8, 4) is 6.07 Å². The summed E-state index contributed by atoms with van der Waals surface area (Å²) in [6, 6.07) is 11.6. The molecule has 0 aromatic heterocycles. The fourth-order valence-electron chi connectivity index (χ4n) is 1.92. The molecule has 4 nitrogen and oxygen atoms in total. The Morgan fingerprint density at radius 3 is 2.70 bits per heavy atom. The number of aliphatic hydroxyl groups is 1. The van der Waals surface area contributed by atoms with Crippen molar-refractivity contribution in [3.05, 3.63) is 35.9 Å². The van der Waals surface area contributed by atoms with Crippen molar-refractivity contribution < 1.29 is 9.90 Å².